The summed E-state index contributed by atoms with van der Waals surface area (Å²) in [4.78, 5) is 0. The van der Waals surface area contributed by atoms with Crippen LogP contribution < -0.4 is 0 Å². The zero-order valence-corrected chi connectivity index (χ0v) is 8.04. The lowest BCUT2D eigenvalue weighted by Gasteiger charge is -1.95. The number of benzene rings is 1. The summed E-state index contributed by atoms with van der Waals surface area (Å²) in [7, 11) is 0. The molecule has 0 saturated carbocycles. The van der Waals surface area contributed by atoms with Crippen LogP contribution in [-0.4, -0.2) is 6.18 Å². The first-order chi connectivity index (χ1) is 7.08. The van der Waals surface area contributed by atoms with Crippen molar-refractivity contribution < 1.29 is 13.2 Å². The molecule has 1 aromatic rings. The van der Waals surface area contributed by atoms with Crippen molar-refractivity contribution in [2.75, 3.05) is 0 Å². The second kappa shape index (κ2) is 5.39. The Morgan fingerprint density at radius 1 is 1.00 bits per heavy atom. The van der Waals surface area contributed by atoms with Crippen molar-refractivity contribution in [3.05, 3.63) is 54.1 Å². The van der Waals surface area contributed by atoms with Crippen molar-refractivity contribution in [3.8, 4) is 0 Å². The van der Waals surface area contributed by atoms with Gasteiger partial charge in [-0.25, -0.2) is 0 Å². The van der Waals surface area contributed by atoms with Crippen LogP contribution in [0.15, 0.2) is 48.6 Å². The number of hydrogen-bond acceptors (Lipinski definition) is 0. The summed E-state index contributed by atoms with van der Waals surface area (Å²) in [5, 5.41) is 0. The van der Waals surface area contributed by atoms with E-state index < -0.39 is 6.18 Å². The van der Waals surface area contributed by atoms with Gasteiger partial charge in [-0.05, 0) is 12.0 Å². The molecular formula is C12H11F3. The van der Waals surface area contributed by atoms with Crippen molar-refractivity contribution in [3.63, 3.8) is 0 Å². The van der Waals surface area contributed by atoms with Crippen molar-refractivity contribution in [2.45, 2.75) is 12.6 Å². The van der Waals surface area contributed by atoms with Crippen LogP contribution >= 0.6 is 0 Å². The topological polar surface area (TPSA) is 0 Å². The average molecular weight is 212 g/mol. The lowest BCUT2D eigenvalue weighted by Crippen LogP contribution is -1.99. The van der Waals surface area contributed by atoms with Crippen LogP contribution in [0.3, 0.4) is 0 Å². The van der Waals surface area contributed by atoms with Gasteiger partial charge in [0.2, 0.25) is 0 Å². The summed E-state index contributed by atoms with van der Waals surface area (Å²) in [5.41, 5.74) is 0.984. The van der Waals surface area contributed by atoms with Gasteiger partial charge >= 0.3 is 6.18 Å². The first-order valence-electron chi connectivity index (χ1n) is 4.54. The van der Waals surface area contributed by atoms with Crippen LogP contribution in [0, 0.1) is 0 Å². The molecule has 0 aromatic heterocycles. The Balaban J connectivity index is 2.39. The van der Waals surface area contributed by atoms with E-state index in [1.165, 1.54) is 0 Å². The Kier molecular flexibility index (Phi) is 4.16. The molecular weight excluding hydrogens is 201 g/mol. The molecule has 0 radical (unpaired) electrons. The molecule has 0 amide bonds. The van der Waals surface area contributed by atoms with E-state index in [4.69, 9.17) is 0 Å². The molecule has 80 valence electrons. The highest BCUT2D eigenvalue weighted by Crippen LogP contribution is 2.16. The summed E-state index contributed by atoms with van der Waals surface area (Å²) < 4.78 is 35.1. The number of alkyl halides is 3. The molecule has 1 aromatic carbocycles. The largest absolute Gasteiger partial charge is 0.409 e. The molecule has 15 heavy (non-hydrogen) atoms. The molecule has 0 N–H and O–H groups in total. The molecule has 0 nitrogen and oxygen atoms in total. The molecule has 0 heterocycles. The average Bonchev–Trinajstić information content (AvgIpc) is 2.17. The van der Waals surface area contributed by atoms with Crippen LogP contribution in [0.5, 0.6) is 0 Å². The van der Waals surface area contributed by atoms with Crippen LogP contribution in [0.1, 0.15) is 12.0 Å². The fourth-order valence-corrected chi connectivity index (χ4v) is 1.05. The van der Waals surface area contributed by atoms with Crippen molar-refractivity contribution in [1.29, 1.82) is 0 Å². The second-order valence-electron chi connectivity index (χ2n) is 2.99. The minimum absolute atomic E-state index is 0.252. The van der Waals surface area contributed by atoms with E-state index in [9.17, 15) is 13.2 Å². The Morgan fingerprint density at radius 3 is 2.27 bits per heavy atom. The number of rotatable bonds is 3. The van der Waals surface area contributed by atoms with E-state index in [0.717, 1.165) is 11.6 Å². The molecule has 0 saturated heterocycles. The first kappa shape index (κ1) is 11.6. The van der Waals surface area contributed by atoms with Gasteiger partial charge in [0.05, 0.1) is 0 Å². The lowest BCUT2D eigenvalue weighted by molar-refractivity contribution is -0.0799. The molecule has 0 spiro atoms. The highest BCUT2D eigenvalue weighted by atomic mass is 19.4. The van der Waals surface area contributed by atoms with Gasteiger partial charge in [-0.15, -0.1) is 0 Å². The monoisotopic (exact) mass is 212 g/mol. The van der Waals surface area contributed by atoms with Gasteiger partial charge in [0.25, 0.3) is 0 Å². The highest BCUT2D eigenvalue weighted by molar-refractivity contribution is 5.48. The summed E-state index contributed by atoms with van der Waals surface area (Å²) in [6.45, 7) is 0. The highest BCUT2D eigenvalue weighted by Gasteiger charge is 2.21. The van der Waals surface area contributed by atoms with E-state index >= 15 is 0 Å². The number of allylic oxidation sites excluding steroid dienone is 3. The fourth-order valence-electron chi connectivity index (χ4n) is 1.05. The Morgan fingerprint density at radius 2 is 1.67 bits per heavy atom. The van der Waals surface area contributed by atoms with E-state index in [2.05, 4.69) is 0 Å². The number of hydrogen-bond donors (Lipinski definition) is 0. The van der Waals surface area contributed by atoms with E-state index in [1.54, 1.807) is 12.2 Å². The minimum Gasteiger partial charge on any atom is -0.167 e. The fraction of sp³-hybridized carbons (Fsp3) is 0.167. The maximum atomic E-state index is 11.7. The summed E-state index contributed by atoms with van der Waals surface area (Å²) in [5.74, 6) is 0. The zero-order chi connectivity index (χ0) is 11.1. The van der Waals surface area contributed by atoms with E-state index in [-0.39, 0.29) is 12.5 Å². The maximum absolute atomic E-state index is 11.7. The van der Waals surface area contributed by atoms with Crippen LogP contribution in [0.4, 0.5) is 13.2 Å². The molecule has 0 aliphatic carbocycles. The third-order valence-electron chi connectivity index (χ3n) is 1.69. The van der Waals surface area contributed by atoms with Gasteiger partial charge in [-0.1, -0.05) is 48.6 Å². The summed E-state index contributed by atoms with van der Waals surface area (Å²) in [6.07, 6.45) is 0.912. The summed E-state index contributed by atoms with van der Waals surface area (Å²) in [6, 6.07) is 9.44. The molecule has 0 aliphatic rings. The quantitative estimate of drug-likeness (QED) is 0.658. The number of halogens is 3. The molecule has 3 heteroatoms. The smallest absolute Gasteiger partial charge is 0.167 e. The van der Waals surface area contributed by atoms with Crippen LogP contribution in [0.25, 0.3) is 6.08 Å². The molecule has 0 bridgehead atoms. The normalized spacial score (nSPS) is 12.7. The van der Waals surface area contributed by atoms with Crippen molar-refractivity contribution in [1.82, 2.24) is 0 Å². The Hall–Kier alpha value is -1.51. The Labute approximate surface area is 86.7 Å². The third-order valence-corrected chi connectivity index (χ3v) is 1.69. The standard InChI is InChI=1S/C12H11F3/c13-12(14,15)10-6-2-5-9-11-7-3-1-4-8-11/h1,3-10H,2H2/b9-5+,10-6-. The predicted molar refractivity (Wildman–Crippen MR) is 55.3 cm³/mol. The maximum Gasteiger partial charge on any atom is 0.409 e. The van der Waals surface area contributed by atoms with Crippen molar-refractivity contribution >= 4 is 6.08 Å². The molecule has 1 rings (SSSR count). The molecule has 0 unspecified atom stereocenters. The zero-order valence-electron chi connectivity index (χ0n) is 8.04. The molecule has 0 fully saturated rings. The third kappa shape index (κ3) is 5.73. The predicted octanol–water partition coefficient (Wildman–Crippen LogP) is 4.21. The summed E-state index contributed by atoms with van der Waals surface area (Å²) >= 11 is 0. The SMILES string of the molecule is FC(F)(F)/C=C\C/C=C/c1ccccc1. The molecule has 0 atom stereocenters. The van der Waals surface area contributed by atoms with Crippen LogP contribution in [-0.2, 0) is 0 Å². The first-order valence-corrected chi connectivity index (χ1v) is 4.54. The van der Waals surface area contributed by atoms with E-state index in [1.807, 2.05) is 30.3 Å². The van der Waals surface area contributed by atoms with Crippen molar-refractivity contribution in [2.24, 2.45) is 0 Å². The van der Waals surface area contributed by atoms with Gasteiger partial charge in [-0.3, -0.25) is 0 Å². The second-order valence-corrected chi connectivity index (χ2v) is 2.99. The molecule has 0 aliphatic heterocycles. The van der Waals surface area contributed by atoms with E-state index in [0.29, 0.717) is 0 Å². The van der Waals surface area contributed by atoms with Gasteiger partial charge in [0.15, 0.2) is 0 Å². The van der Waals surface area contributed by atoms with Gasteiger partial charge < -0.3 is 0 Å². The van der Waals surface area contributed by atoms with Gasteiger partial charge in [-0.2, -0.15) is 13.2 Å². The van der Waals surface area contributed by atoms with Gasteiger partial charge in [0.1, 0.15) is 0 Å². The minimum atomic E-state index is -4.21. The Bertz CT molecular complexity index is 334. The van der Waals surface area contributed by atoms with Crippen LogP contribution in [0.2, 0.25) is 0 Å². The lowest BCUT2D eigenvalue weighted by atomic mass is 10.2. The van der Waals surface area contributed by atoms with Gasteiger partial charge in [0, 0.05) is 6.08 Å².